The fraction of sp³-hybridized carbons (Fsp3) is 0.111. The average molecular weight is 358 g/mol. The van der Waals surface area contributed by atoms with E-state index in [0.29, 0.717) is 29.2 Å². The van der Waals surface area contributed by atoms with Gasteiger partial charge in [-0.05, 0) is 24.6 Å². The number of fused-ring (bicyclic) bond motifs is 3. The van der Waals surface area contributed by atoms with Gasteiger partial charge in [0.1, 0.15) is 28.5 Å². The molecular formula is C18H13ClFN3O2. The predicted octanol–water partition coefficient (Wildman–Crippen LogP) is 3.98. The Morgan fingerprint density at radius 2 is 2.08 bits per heavy atom. The molecular weight excluding hydrogens is 345 g/mol. The molecule has 0 saturated heterocycles. The van der Waals surface area contributed by atoms with E-state index in [1.54, 1.807) is 24.4 Å². The van der Waals surface area contributed by atoms with E-state index >= 15 is 0 Å². The maximum Gasteiger partial charge on any atom is 0.261 e. The Morgan fingerprint density at radius 3 is 2.88 bits per heavy atom. The number of anilines is 1. The number of imidazole rings is 1. The van der Waals surface area contributed by atoms with Gasteiger partial charge < -0.3 is 14.8 Å². The zero-order valence-electron chi connectivity index (χ0n) is 13.0. The number of benzene rings is 1. The van der Waals surface area contributed by atoms with E-state index in [1.807, 2.05) is 4.40 Å². The third-order valence-corrected chi connectivity index (χ3v) is 4.40. The van der Waals surface area contributed by atoms with E-state index in [9.17, 15) is 14.3 Å². The first-order valence-corrected chi connectivity index (χ1v) is 8.07. The Kier molecular flexibility index (Phi) is 3.69. The molecule has 3 aromatic rings. The summed E-state index contributed by atoms with van der Waals surface area (Å²) >= 11 is 6.00. The highest BCUT2D eigenvalue weighted by molar-refractivity contribution is 6.31. The number of allylic oxidation sites excluding steroid dienone is 1. The summed E-state index contributed by atoms with van der Waals surface area (Å²) in [5.74, 6) is -1.21. The van der Waals surface area contributed by atoms with Crippen LogP contribution in [-0.4, -0.2) is 20.4 Å². The maximum atomic E-state index is 13.8. The van der Waals surface area contributed by atoms with Gasteiger partial charge in [0, 0.05) is 23.7 Å². The number of nitrogens with one attached hydrogen (secondary N) is 1. The van der Waals surface area contributed by atoms with Gasteiger partial charge in [0.05, 0.1) is 11.4 Å². The number of halogens is 2. The number of aliphatic hydroxyl groups is 1. The lowest BCUT2D eigenvalue weighted by Gasteiger charge is -2.16. The standard InChI is InChI=1S/C18H13ClFN3O2/c19-10-7-8-23-13-5-6-14(24)16(17(13)22-15(23)9-10)18(25)21-12-4-2-1-3-11(12)20/h1-4,7-9,24H,5-6H2,(H,21,25). The summed E-state index contributed by atoms with van der Waals surface area (Å²) in [5, 5.41) is 13.3. The molecule has 5 nitrogen and oxygen atoms in total. The molecule has 126 valence electrons. The fourth-order valence-electron chi connectivity index (χ4n) is 2.99. The van der Waals surface area contributed by atoms with Crippen molar-refractivity contribution in [3.63, 3.8) is 0 Å². The Labute approximate surface area is 147 Å². The van der Waals surface area contributed by atoms with Gasteiger partial charge in [-0.15, -0.1) is 0 Å². The summed E-state index contributed by atoms with van der Waals surface area (Å²) in [6.45, 7) is 0. The number of nitrogens with zero attached hydrogens (tertiary/aromatic N) is 2. The second-order valence-electron chi connectivity index (χ2n) is 5.74. The minimum Gasteiger partial charge on any atom is -0.511 e. The average Bonchev–Trinajstić information content (AvgIpc) is 2.93. The summed E-state index contributed by atoms with van der Waals surface area (Å²) in [7, 11) is 0. The normalized spacial score (nSPS) is 13.8. The minimum absolute atomic E-state index is 0.0479. The van der Waals surface area contributed by atoms with Crippen molar-refractivity contribution in [1.82, 2.24) is 9.38 Å². The number of pyridine rings is 1. The number of para-hydroxylation sites is 1. The molecule has 4 rings (SSSR count). The van der Waals surface area contributed by atoms with Crippen molar-refractivity contribution in [2.75, 3.05) is 5.32 Å². The van der Waals surface area contributed by atoms with Crippen molar-refractivity contribution in [2.24, 2.45) is 0 Å². The van der Waals surface area contributed by atoms with Crippen LogP contribution in [-0.2, 0) is 11.2 Å². The van der Waals surface area contributed by atoms with Crippen molar-refractivity contribution in [3.05, 3.63) is 70.6 Å². The lowest BCUT2D eigenvalue weighted by Crippen LogP contribution is -2.20. The van der Waals surface area contributed by atoms with Gasteiger partial charge in [-0.1, -0.05) is 23.7 Å². The topological polar surface area (TPSA) is 66.6 Å². The number of aliphatic hydroxyl groups excluding tert-OH is 1. The Balaban J connectivity index is 1.78. The highest BCUT2D eigenvalue weighted by atomic mass is 35.5. The van der Waals surface area contributed by atoms with E-state index in [0.717, 1.165) is 5.69 Å². The van der Waals surface area contributed by atoms with E-state index < -0.39 is 11.7 Å². The predicted molar refractivity (Wildman–Crippen MR) is 93.1 cm³/mol. The van der Waals surface area contributed by atoms with Crippen LogP contribution >= 0.6 is 11.6 Å². The molecule has 0 aliphatic heterocycles. The van der Waals surface area contributed by atoms with Gasteiger partial charge in [0.25, 0.3) is 5.91 Å². The Morgan fingerprint density at radius 1 is 1.28 bits per heavy atom. The van der Waals surface area contributed by atoms with Crippen LogP contribution < -0.4 is 5.32 Å². The van der Waals surface area contributed by atoms with E-state index in [4.69, 9.17) is 11.6 Å². The quantitative estimate of drug-likeness (QED) is 0.729. The number of hydrogen-bond acceptors (Lipinski definition) is 3. The molecule has 1 amide bonds. The third kappa shape index (κ3) is 2.64. The zero-order chi connectivity index (χ0) is 17.6. The van der Waals surface area contributed by atoms with Crippen molar-refractivity contribution < 1.29 is 14.3 Å². The summed E-state index contributed by atoms with van der Waals surface area (Å²) in [5.41, 5.74) is 1.89. The van der Waals surface area contributed by atoms with E-state index in [1.165, 1.54) is 18.2 Å². The molecule has 2 N–H and O–H groups in total. The molecule has 1 aliphatic rings. The number of amides is 1. The highest BCUT2D eigenvalue weighted by Crippen LogP contribution is 2.32. The van der Waals surface area contributed by atoms with Gasteiger partial charge in [-0.25, -0.2) is 9.37 Å². The molecule has 2 heterocycles. The molecule has 2 aromatic heterocycles. The monoisotopic (exact) mass is 357 g/mol. The van der Waals surface area contributed by atoms with Crippen LogP contribution in [0.2, 0.25) is 5.02 Å². The smallest absolute Gasteiger partial charge is 0.261 e. The molecule has 0 spiro atoms. The van der Waals surface area contributed by atoms with Crippen LogP contribution in [0.15, 0.2) is 48.4 Å². The minimum atomic E-state index is -0.599. The SMILES string of the molecule is O=C(Nc1ccccc1F)C1=C(O)CCc2c1nc1cc(Cl)ccn21. The first-order chi connectivity index (χ1) is 12.0. The Bertz CT molecular complexity index is 1040. The highest BCUT2D eigenvalue weighted by Gasteiger charge is 2.29. The van der Waals surface area contributed by atoms with Gasteiger partial charge >= 0.3 is 0 Å². The number of aryl methyl sites for hydroxylation is 1. The van der Waals surface area contributed by atoms with E-state index in [-0.39, 0.29) is 17.0 Å². The molecule has 25 heavy (non-hydrogen) atoms. The largest absolute Gasteiger partial charge is 0.511 e. The van der Waals surface area contributed by atoms with Crippen LogP contribution in [0.5, 0.6) is 0 Å². The summed E-state index contributed by atoms with van der Waals surface area (Å²) < 4.78 is 15.6. The lowest BCUT2D eigenvalue weighted by atomic mass is 9.97. The van der Waals surface area contributed by atoms with E-state index in [2.05, 4.69) is 10.3 Å². The van der Waals surface area contributed by atoms with Crippen molar-refractivity contribution in [1.29, 1.82) is 0 Å². The molecule has 0 atom stereocenters. The van der Waals surface area contributed by atoms with Crippen LogP contribution in [0.1, 0.15) is 17.8 Å². The van der Waals surface area contributed by atoms with Crippen LogP contribution in [0, 0.1) is 5.82 Å². The number of carbonyl (C=O) groups is 1. The molecule has 1 aliphatic carbocycles. The zero-order valence-corrected chi connectivity index (χ0v) is 13.7. The van der Waals surface area contributed by atoms with Crippen molar-refractivity contribution in [2.45, 2.75) is 12.8 Å². The van der Waals surface area contributed by atoms with Crippen LogP contribution in [0.4, 0.5) is 10.1 Å². The van der Waals surface area contributed by atoms with Crippen molar-refractivity contribution in [3.8, 4) is 0 Å². The van der Waals surface area contributed by atoms with Crippen LogP contribution in [0.3, 0.4) is 0 Å². The third-order valence-electron chi connectivity index (χ3n) is 4.16. The number of rotatable bonds is 2. The maximum absolute atomic E-state index is 13.8. The number of hydrogen-bond donors (Lipinski definition) is 2. The molecule has 7 heteroatoms. The molecule has 0 radical (unpaired) electrons. The number of aromatic nitrogens is 2. The fourth-order valence-corrected chi connectivity index (χ4v) is 3.15. The van der Waals surface area contributed by atoms with Crippen molar-refractivity contribution >= 4 is 34.4 Å². The summed E-state index contributed by atoms with van der Waals surface area (Å²) in [6.07, 6.45) is 2.63. The Hall–Kier alpha value is -2.86. The van der Waals surface area contributed by atoms with Crippen LogP contribution in [0.25, 0.3) is 11.2 Å². The molecule has 0 unspecified atom stereocenters. The van der Waals surface area contributed by atoms with Gasteiger partial charge in [-0.3, -0.25) is 4.79 Å². The van der Waals surface area contributed by atoms with Gasteiger partial charge in [0.2, 0.25) is 0 Å². The summed E-state index contributed by atoms with van der Waals surface area (Å²) in [4.78, 5) is 17.1. The first kappa shape index (κ1) is 15.7. The van der Waals surface area contributed by atoms with Gasteiger partial charge in [0.15, 0.2) is 0 Å². The molecule has 1 aromatic carbocycles. The molecule has 0 bridgehead atoms. The number of carbonyl (C=O) groups excluding carboxylic acids is 1. The molecule has 0 fully saturated rings. The second-order valence-corrected chi connectivity index (χ2v) is 6.17. The lowest BCUT2D eigenvalue weighted by molar-refractivity contribution is -0.111. The molecule has 0 saturated carbocycles. The summed E-state index contributed by atoms with van der Waals surface area (Å²) in [6, 6.07) is 9.27. The first-order valence-electron chi connectivity index (χ1n) is 7.69. The van der Waals surface area contributed by atoms with Gasteiger partial charge in [-0.2, -0.15) is 0 Å². The second kappa shape index (κ2) is 5.89.